The molecule has 52 heavy (non-hydrogen) atoms. The second kappa shape index (κ2) is 20.3. The molecule has 278 valence electrons. The monoisotopic (exact) mass is 893 g/mol. The fourth-order valence-electron chi connectivity index (χ4n) is 6.74. The molecule has 2 aromatic rings. The van der Waals surface area contributed by atoms with Crippen molar-refractivity contribution in [1.82, 2.24) is 4.98 Å². The molecule has 1 aromatic carbocycles. The van der Waals surface area contributed by atoms with Crippen LogP contribution in [0.25, 0.3) is 16.8 Å². The summed E-state index contributed by atoms with van der Waals surface area (Å²) >= 11 is 29.3. The van der Waals surface area contributed by atoms with E-state index in [9.17, 15) is 14.9 Å². The Morgan fingerprint density at radius 1 is 1.15 bits per heavy atom. The minimum Gasteiger partial charge on any atom is -0.396 e. The van der Waals surface area contributed by atoms with E-state index in [0.29, 0.717) is 50.9 Å². The van der Waals surface area contributed by atoms with Gasteiger partial charge in [-0.1, -0.05) is 125 Å². The molecule has 1 heterocycles. The van der Waals surface area contributed by atoms with Crippen molar-refractivity contribution in [1.29, 1.82) is 5.26 Å². The van der Waals surface area contributed by atoms with Crippen molar-refractivity contribution >= 4 is 91.8 Å². The van der Waals surface area contributed by atoms with Gasteiger partial charge in [0.1, 0.15) is 6.07 Å². The molecule has 10 heteroatoms. The van der Waals surface area contributed by atoms with E-state index < -0.39 is 5.92 Å². The lowest BCUT2D eigenvalue weighted by Crippen LogP contribution is -2.12. The Labute approximate surface area is 343 Å². The number of rotatable bonds is 17. The van der Waals surface area contributed by atoms with Gasteiger partial charge in [-0.15, -0.1) is 0 Å². The topological polar surface area (TPSA) is 96.8 Å². The van der Waals surface area contributed by atoms with Gasteiger partial charge in [0.2, 0.25) is 0 Å². The van der Waals surface area contributed by atoms with E-state index in [4.69, 9.17) is 57.1 Å². The Morgan fingerprint density at radius 3 is 2.44 bits per heavy atom. The number of hydrogen-bond acceptors (Lipinski definition) is 5. The first-order chi connectivity index (χ1) is 24.6. The lowest BCUT2D eigenvalue weighted by Gasteiger charge is -2.25. The van der Waals surface area contributed by atoms with Gasteiger partial charge < -0.3 is 5.73 Å². The smallest absolute Gasteiger partial charge is 0.174 e. The summed E-state index contributed by atoms with van der Waals surface area (Å²) < 4.78 is 0.513. The molecule has 0 bridgehead atoms. The number of unbranched alkanes of at least 4 members (excludes halogenated alkanes) is 1. The molecule has 0 aliphatic heterocycles. The van der Waals surface area contributed by atoms with E-state index in [2.05, 4.69) is 66.0 Å². The molecule has 1 aliphatic carbocycles. The highest BCUT2D eigenvalue weighted by Crippen LogP contribution is 2.50. The van der Waals surface area contributed by atoms with E-state index in [1.54, 1.807) is 6.07 Å². The predicted octanol–water partition coefficient (Wildman–Crippen LogP) is 13.9. The first kappa shape index (κ1) is 44.0. The third kappa shape index (κ3) is 10.4. The highest BCUT2D eigenvalue weighted by atomic mass is 127. The molecule has 0 spiro atoms. The highest BCUT2D eigenvalue weighted by molar-refractivity contribution is 14.1. The molecule has 0 radical (unpaired) electrons. The Balaban J connectivity index is 2.36. The van der Waals surface area contributed by atoms with Crippen LogP contribution in [0.4, 0.5) is 5.69 Å². The van der Waals surface area contributed by atoms with E-state index in [1.165, 1.54) is 6.08 Å². The largest absolute Gasteiger partial charge is 0.396 e. The second-order valence-electron chi connectivity index (χ2n) is 13.7. The molecule has 2 unspecified atom stereocenters. The fraction of sp³-hybridized carbons (Fsp3) is 0.429. The van der Waals surface area contributed by atoms with Gasteiger partial charge in [-0.2, -0.15) is 5.26 Å². The van der Waals surface area contributed by atoms with Gasteiger partial charge in [-0.25, -0.2) is 0 Å². The number of nitriles is 1. The van der Waals surface area contributed by atoms with Crippen LogP contribution >= 0.6 is 69.0 Å². The van der Waals surface area contributed by atoms with Gasteiger partial charge in [0.15, 0.2) is 11.6 Å². The van der Waals surface area contributed by atoms with Gasteiger partial charge in [-0.3, -0.25) is 14.6 Å². The Hall–Kier alpha value is -2.41. The number of allylic oxidation sites excluding steroid dienone is 8. The number of carbonyl (C=O) groups is 2. The first-order valence-corrected chi connectivity index (χ1v) is 20.4. The molecule has 5 nitrogen and oxygen atoms in total. The Bertz CT molecular complexity index is 1840. The van der Waals surface area contributed by atoms with Crippen LogP contribution in [0.15, 0.2) is 59.7 Å². The molecule has 3 rings (SSSR count). The molecule has 0 saturated heterocycles. The highest BCUT2D eigenvalue weighted by Gasteiger charge is 2.35. The maximum atomic E-state index is 14.2. The minimum absolute atomic E-state index is 0.0266. The van der Waals surface area contributed by atoms with Crippen molar-refractivity contribution in [3.63, 3.8) is 0 Å². The number of nitrogens with zero attached hydrogens (tertiary/aromatic N) is 2. The van der Waals surface area contributed by atoms with Crippen molar-refractivity contribution < 1.29 is 9.59 Å². The number of hydrogen-bond donors (Lipinski definition) is 1. The lowest BCUT2D eigenvalue weighted by molar-refractivity contribution is -0.116. The number of aromatic nitrogens is 1. The maximum absolute atomic E-state index is 14.2. The quantitative estimate of drug-likeness (QED) is 0.0324. The molecule has 1 aromatic heterocycles. The van der Waals surface area contributed by atoms with Crippen LogP contribution in [0.5, 0.6) is 0 Å². The number of nitrogen functional groups attached to an aromatic ring is 1. The number of nitrogens with two attached hydrogens (primary N) is 1. The van der Waals surface area contributed by atoms with Crippen molar-refractivity contribution in [3.05, 3.63) is 94.7 Å². The Kier molecular flexibility index (Phi) is 17.2. The number of pyridine rings is 1. The minimum atomic E-state index is -0.425. The van der Waals surface area contributed by atoms with Gasteiger partial charge in [0.25, 0.3) is 0 Å². The molecule has 2 atom stereocenters. The molecule has 2 N–H and O–H groups in total. The normalized spacial score (nSPS) is 15.7. The number of fused-ring (bicyclic) bond motifs is 1. The lowest BCUT2D eigenvalue weighted by atomic mass is 9.81. The number of anilines is 1. The predicted molar refractivity (Wildman–Crippen MR) is 229 cm³/mol. The molecular weight excluding hydrogens is 847 g/mol. The molecule has 1 aliphatic rings. The van der Waals surface area contributed by atoms with Crippen LogP contribution in [0.2, 0.25) is 20.1 Å². The zero-order valence-electron chi connectivity index (χ0n) is 30.7. The summed E-state index contributed by atoms with van der Waals surface area (Å²) in [6, 6.07) is 4.08. The number of Topliss-reactive ketones (excluding diaryl/α,β-unsaturated/α-hetero) is 1. The summed E-state index contributed by atoms with van der Waals surface area (Å²) in [4.78, 5) is 31.3. The number of halogens is 5. The number of ketones is 2. The van der Waals surface area contributed by atoms with Crippen molar-refractivity contribution in [2.75, 3.05) is 5.73 Å². The third-order valence-electron chi connectivity index (χ3n) is 9.69. The summed E-state index contributed by atoms with van der Waals surface area (Å²) in [7, 11) is 0. The van der Waals surface area contributed by atoms with Gasteiger partial charge >= 0.3 is 0 Å². The summed E-state index contributed by atoms with van der Waals surface area (Å²) in [6.07, 6.45) is 12.2. The maximum Gasteiger partial charge on any atom is 0.174 e. The molecule has 0 fully saturated rings. The van der Waals surface area contributed by atoms with Crippen LogP contribution < -0.4 is 5.73 Å². The zero-order chi connectivity index (χ0) is 38.9. The molecule has 0 amide bonds. The summed E-state index contributed by atoms with van der Waals surface area (Å²) in [5.74, 6) is -0.310. The van der Waals surface area contributed by atoms with Crippen molar-refractivity contribution in [3.8, 4) is 17.3 Å². The van der Waals surface area contributed by atoms with Crippen LogP contribution in [-0.4, -0.2) is 16.6 Å². The van der Waals surface area contributed by atoms with E-state index >= 15 is 0 Å². The fourth-order valence-corrected chi connectivity index (χ4v) is 8.44. The summed E-state index contributed by atoms with van der Waals surface area (Å²) in [5.41, 5.74) is 12.3. The third-order valence-corrected chi connectivity index (χ3v) is 12.9. The van der Waals surface area contributed by atoms with E-state index in [0.717, 1.165) is 55.2 Å². The average molecular weight is 896 g/mol. The average Bonchev–Trinajstić information content (AvgIpc) is 3.21. The summed E-state index contributed by atoms with van der Waals surface area (Å²) in [6.45, 7) is 18.5. The summed E-state index contributed by atoms with van der Waals surface area (Å²) in [5, 5.41) is 11.5. The number of benzene rings is 1. The molecule has 0 saturated carbocycles. The van der Waals surface area contributed by atoms with Crippen molar-refractivity contribution in [2.45, 2.75) is 105 Å². The van der Waals surface area contributed by atoms with Crippen molar-refractivity contribution in [2.24, 2.45) is 11.8 Å². The second-order valence-corrected chi connectivity index (χ2v) is 16.3. The van der Waals surface area contributed by atoms with Crippen LogP contribution in [0.3, 0.4) is 0 Å². The SMILES string of the molecule is C=CC(=O)CCCCC(CCC)CC1=C(C#N)C(=O)CC(C/C(C(=C)C(C)C)=C(C)/C=C\CC)c2nc(-c3c(Cl)c(N)c(Cl)c(I)c3Cl)c(Cl)cc21. The molecular formula is C42H48Cl4IN3O2. The van der Waals surface area contributed by atoms with E-state index in [-0.39, 0.29) is 61.2 Å². The van der Waals surface area contributed by atoms with Gasteiger partial charge in [-0.05, 0) is 101 Å². The zero-order valence-corrected chi connectivity index (χ0v) is 35.9. The van der Waals surface area contributed by atoms with Gasteiger partial charge in [0, 0.05) is 29.9 Å². The van der Waals surface area contributed by atoms with Gasteiger partial charge in [0.05, 0.1) is 46.3 Å². The Morgan fingerprint density at radius 2 is 1.85 bits per heavy atom. The first-order valence-electron chi connectivity index (χ1n) is 17.8. The van der Waals surface area contributed by atoms with Crippen LogP contribution in [0.1, 0.15) is 116 Å². The standard InChI is InChI=1S/C42H48Cl4IN3O2/c1-8-11-15-24(6)29(25(7)23(4)5)19-27-20-34(52)32(22-48)30(18-26(14-9-2)16-12-13-17-28(51)10-3)31-21-33(43)42(50-41(27)31)35-36(44)39(47)38(46)40(49)37(35)45/h10-11,15,21,23,26-27H,3,7-9,12-14,16-20,49H2,1-2,4-6H3/b15-11-,29-24-. The van der Waals surface area contributed by atoms with Crippen LogP contribution in [0, 0.1) is 26.7 Å². The van der Waals surface area contributed by atoms with E-state index in [1.807, 2.05) is 22.6 Å². The van der Waals surface area contributed by atoms with Crippen LogP contribution in [-0.2, 0) is 9.59 Å². The number of carbonyl (C=O) groups excluding carboxylic acids is 2.